The molecule has 0 unspecified atom stereocenters. The molecule has 0 spiro atoms. The van der Waals surface area contributed by atoms with Crippen LogP contribution in [0.1, 0.15) is 42.5 Å². The summed E-state index contributed by atoms with van der Waals surface area (Å²) in [6.45, 7) is 1.83. The van der Waals surface area contributed by atoms with E-state index < -0.39 is 47.9 Å². The number of primary amides is 1. The molecule has 0 heterocycles. The van der Waals surface area contributed by atoms with Crippen molar-refractivity contribution >= 4 is 29.8 Å². The number of hydrogen-bond donors (Lipinski definition) is 4. The van der Waals surface area contributed by atoms with Crippen molar-refractivity contribution in [1.82, 2.24) is 16.0 Å². The molecule has 0 fully saturated rings. The van der Waals surface area contributed by atoms with Gasteiger partial charge in [0.05, 0.1) is 6.61 Å². The third-order valence-electron chi connectivity index (χ3n) is 6.57. The van der Waals surface area contributed by atoms with Crippen molar-refractivity contribution in [3.8, 4) is 0 Å². The molecule has 0 aliphatic carbocycles. The Balaban J connectivity index is 1.81. The second kappa shape index (κ2) is 18.3. The van der Waals surface area contributed by atoms with Crippen LogP contribution in [0.3, 0.4) is 0 Å². The minimum Gasteiger partial charge on any atom is -0.463 e. The van der Waals surface area contributed by atoms with Crippen molar-refractivity contribution in [2.24, 2.45) is 5.73 Å². The van der Waals surface area contributed by atoms with Gasteiger partial charge in [0.25, 0.3) is 0 Å². The van der Waals surface area contributed by atoms with E-state index in [4.69, 9.17) is 15.2 Å². The van der Waals surface area contributed by atoms with Gasteiger partial charge in [0.2, 0.25) is 17.7 Å². The molecule has 0 aliphatic rings. The van der Waals surface area contributed by atoms with Gasteiger partial charge in [-0.15, -0.1) is 0 Å². The van der Waals surface area contributed by atoms with Crippen molar-refractivity contribution in [2.75, 3.05) is 6.61 Å². The Morgan fingerprint density at radius 1 is 0.756 bits per heavy atom. The van der Waals surface area contributed by atoms with Crippen molar-refractivity contribution in [3.63, 3.8) is 0 Å². The fraction of sp³-hybridized carbons (Fsp3) is 0.265. The number of esters is 1. The average Bonchev–Trinajstić information content (AvgIpc) is 3.05. The third-order valence-corrected chi connectivity index (χ3v) is 6.57. The molecule has 3 aromatic carbocycles. The standard InChI is InChI=1S/C34H38N4O7/c1-2-44-30(40)21-19-27(18-20-29(35)39)36-32(41)28(22-24-12-6-3-7-13-24)37-33(42)31(26-16-10-5-11-17-26)38-34(43)45-23-25-14-8-4-9-15-25/h3-17,19,21,27-28,31H,2,18,20,22-23H2,1H3,(H2,35,39)(H,36,41)(H,37,42)(H,38,43)/b21-19+/t27-,28-,31-/m0/s1. The molecule has 0 saturated heterocycles. The van der Waals surface area contributed by atoms with Crippen molar-refractivity contribution in [2.45, 2.75) is 50.9 Å². The summed E-state index contributed by atoms with van der Waals surface area (Å²) < 4.78 is 10.3. The van der Waals surface area contributed by atoms with Gasteiger partial charge in [0.15, 0.2) is 0 Å². The van der Waals surface area contributed by atoms with Crippen LogP contribution in [0.25, 0.3) is 0 Å². The molecule has 3 rings (SSSR count). The van der Waals surface area contributed by atoms with E-state index in [1.165, 1.54) is 6.08 Å². The summed E-state index contributed by atoms with van der Waals surface area (Å²) in [4.78, 5) is 63.5. The molecule has 11 nitrogen and oxygen atoms in total. The van der Waals surface area contributed by atoms with E-state index in [0.29, 0.717) is 5.56 Å². The maximum Gasteiger partial charge on any atom is 0.408 e. The fourth-order valence-electron chi connectivity index (χ4n) is 4.33. The van der Waals surface area contributed by atoms with E-state index in [9.17, 15) is 24.0 Å². The van der Waals surface area contributed by atoms with Crippen LogP contribution in [0, 0.1) is 0 Å². The number of benzene rings is 3. The molecule has 0 bridgehead atoms. The maximum absolute atomic E-state index is 13.7. The molecule has 4 amide bonds. The lowest BCUT2D eigenvalue weighted by Crippen LogP contribution is -2.53. The largest absolute Gasteiger partial charge is 0.463 e. The quantitative estimate of drug-likeness (QED) is 0.142. The Hall–Kier alpha value is -5.45. The van der Waals surface area contributed by atoms with E-state index in [0.717, 1.165) is 17.2 Å². The number of carbonyl (C=O) groups excluding carboxylic acids is 5. The predicted octanol–water partition coefficient (Wildman–Crippen LogP) is 3.25. The van der Waals surface area contributed by atoms with Crippen molar-refractivity contribution in [1.29, 1.82) is 0 Å². The number of alkyl carbamates (subject to hydrolysis) is 1. The summed E-state index contributed by atoms with van der Waals surface area (Å²) in [6.07, 6.45) is 1.93. The minimum atomic E-state index is -1.19. The Morgan fingerprint density at radius 2 is 1.36 bits per heavy atom. The van der Waals surface area contributed by atoms with Crippen LogP contribution in [0.4, 0.5) is 4.79 Å². The van der Waals surface area contributed by atoms with Gasteiger partial charge in [-0.1, -0.05) is 97.1 Å². The Morgan fingerprint density at radius 3 is 1.96 bits per heavy atom. The maximum atomic E-state index is 13.7. The molecule has 45 heavy (non-hydrogen) atoms. The number of amides is 4. The number of carbonyl (C=O) groups is 5. The molecule has 5 N–H and O–H groups in total. The van der Waals surface area contributed by atoms with Crippen LogP contribution in [-0.4, -0.2) is 48.5 Å². The highest BCUT2D eigenvalue weighted by Crippen LogP contribution is 2.15. The number of rotatable bonds is 16. The van der Waals surface area contributed by atoms with Crippen LogP contribution >= 0.6 is 0 Å². The smallest absolute Gasteiger partial charge is 0.408 e. The summed E-state index contributed by atoms with van der Waals surface area (Å²) >= 11 is 0. The first-order valence-corrected chi connectivity index (χ1v) is 14.5. The molecule has 3 atom stereocenters. The van der Waals surface area contributed by atoms with Gasteiger partial charge < -0.3 is 31.2 Å². The monoisotopic (exact) mass is 614 g/mol. The van der Waals surface area contributed by atoms with Crippen LogP contribution in [0.2, 0.25) is 0 Å². The molecule has 0 radical (unpaired) electrons. The Labute approximate surface area is 262 Å². The zero-order chi connectivity index (χ0) is 32.4. The Kier molecular flexibility index (Phi) is 13.8. The molecule has 0 saturated carbocycles. The lowest BCUT2D eigenvalue weighted by molar-refractivity contribution is -0.137. The van der Waals surface area contributed by atoms with Gasteiger partial charge >= 0.3 is 12.1 Å². The Bertz CT molecular complexity index is 1430. The van der Waals surface area contributed by atoms with E-state index in [2.05, 4.69) is 16.0 Å². The number of nitrogens with two attached hydrogens (primary N) is 1. The highest BCUT2D eigenvalue weighted by atomic mass is 16.5. The molecule has 11 heteroatoms. The number of nitrogens with one attached hydrogen (secondary N) is 3. The number of hydrogen-bond acceptors (Lipinski definition) is 7. The normalized spacial score (nSPS) is 12.7. The zero-order valence-corrected chi connectivity index (χ0v) is 25.0. The van der Waals surface area contributed by atoms with Crippen LogP contribution in [-0.2, 0) is 41.7 Å². The zero-order valence-electron chi connectivity index (χ0n) is 25.0. The number of ether oxygens (including phenoxy) is 2. The second-order valence-electron chi connectivity index (χ2n) is 10.0. The first kappa shape index (κ1) is 34.0. The van der Waals surface area contributed by atoms with Gasteiger partial charge in [-0.25, -0.2) is 9.59 Å². The van der Waals surface area contributed by atoms with Crippen molar-refractivity contribution in [3.05, 3.63) is 120 Å². The molecule has 0 aliphatic heterocycles. The fourth-order valence-corrected chi connectivity index (χ4v) is 4.33. The van der Waals surface area contributed by atoms with Crippen LogP contribution in [0.5, 0.6) is 0 Å². The molecule has 236 valence electrons. The second-order valence-corrected chi connectivity index (χ2v) is 10.0. The first-order chi connectivity index (χ1) is 21.7. The van der Waals surface area contributed by atoms with Gasteiger partial charge in [-0.2, -0.15) is 0 Å². The molecular weight excluding hydrogens is 576 g/mol. The van der Waals surface area contributed by atoms with Gasteiger partial charge in [0, 0.05) is 25.0 Å². The lowest BCUT2D eigenvalue weighted by Gasteiger charge is -2.25. The predicted molar refractivity (Wildman–Crippen MR) is 167 cm³/mol. The summed E-state index contributed by atoms with van der Waals surface area (Å²) in [6, 6.07) is 23.7. The van der Waals surface area contributed by atoms with Gasteiger partial charge in [0.1, 0.15) is 18.7 Å². The summed E-state index contributed by atoms with van der Waals surface area (Å²) in [5, 5.41) is 8.17. The van der Waals surface area contributed by atoms with E-state index in [-0.39, 0.29) is 32.5 Å². The topological polar surface area (TPSA) is 166 Å². The highest BCUT2D eigenvalue weighted by molar-refractivity contribution is 5.92. The minimum absolute atomic E-state index is 0.000841. The summed E-state index contributed by atoms with van der Waals surface area (Å²) in [5.74, 6) is -2.41. The molecule has 3 aromatic rings. The van der Waals surface area contributed by atoms with Crippen LogP contribution < -0.4 is 21.7 Å². The average molecular weight is 615 g/mol. The van der Waals surface area contributed by atoms with Crippen LogP contribution in [0.15, 0.2) is 103 Å². The highest BCUT2D eigenvalue weighted by Gasteiger charge is 2.29. The molecule has 0 aromatic heterocycles. The van der Waals surface area contributed by atoms with E-state index >= 15 is 0 Å². The van der Waals surface area contributed by atoms with E-state index in [1.54, 1.807) is 61.5 Å². The third kappa shape index (κ3) is 12.4. The summed E-state index contributed by atoms with van der Waals surface area (Å²) in [5.41, 5.74) is 7.33. The summed E-state index contributed by atoms with van der Waals surface area (Å²) in [7, 11) is 0. The first-order valence-electron chi connectivity index (χ1n) is 14.5. The van der Waals surface area contributed by atoms with E-state index in [1.807, 2.05) is 36.4 Å². The molecular formula is C34H38N4O7. The van der Waals surface area contributed by atoms with Crippen molar-refractivity contribution < 1.29 is 33.4 Å². The lowest BCUT2D eigenvalue weighted by atomic mass is 10.0. The van der Waals surface area contributed by atoms with Gasteiger partial charge in [-0.05, 0) is 30.0 Å². The van der Waals surface area contributed by atoms with Gasteiger partial charge in [-0.3, -0.25) is 14.4 Å². The SMILES string of the molecule is CCOC(=O)/C=C/[C@H](CCC(N)=O)NC(=O)[C@H](Cc1ccccc1)NC(=O)[C@@H](NC(=O)OCc1ccccc1)c1ccccc1.